The lowest BCUT2D eigenvalue weighted by atomic mass is 10.3. The summed E-state index contributed by atoms with van der Waals surface area (Å²) in [5, 5.41) is 11.3. The first-order chi connectivity index (χ1) is 15.4. The summed E-state index contributed by atoms with van der Waals surface area (Å²) in [7, 11) is 1.54. The first-order valence-corrected chi connectivity index (χ1v) is 9.80. The molecule has 12 heteroatoms. The maximum Gasteiger partial charge on any atom is 0.329 e. The lowest BCUT2D eigenvalue weighted by molar-refractivity contribution is -0.139. The zero-order valence-electron chi connectivity index (χ0n) is 17.1. The van der Waals surface area contributed by atoms with Gasteiger partial charge in [-0.25, -0.2) is 5.43 Å². The van der Waals surface area contributed by atoms with Crippen LogP contribution in [0.2, 0.25) is 5.02 Å². The average molecular weight is 464 g/mol. The number of methoxy groups -OCH3 is 1. The van der Waals surface area contributed by atoms with E-state index in [0.29, 0.717) is 36.0 Å². The highest BCUT2D eigenvalue weighted by Crippen LogP contribution is 2.14. The monoisotopic (exact) mass is 463 g/mol. The van der Waals surface area contributed by atoms with Crippen LogP contribution in [0.5, 0.6) is 0 Å². The van der Waals surface area contributed by atoms with E-state index in [0.717, 1.165) is 0 Å². The van der Waals surface area contributed by atoms with Crippen molar-refractivity contribution in [2.75, 3.05) is 25.6 Å². The molecule has 0 aliphatic heterocycles. The van der Waals surface area contributed by atoms with Crippen LogP contribution in [0, 0.1) is 0 Å². The predicted octanol–water partition coefficient (Wildman–Crippen LogP) is 0.791. The normalized spacial score (nSPS) is 10.6. The highest BCUT2D eigenvalue weighted by Gasteiger charge is 2.14. The predicted molar refractivity (Wildman–Crippen MR) is 116 cm³/mol. The summed E-state index contributed by atoms with van der Waals surface area (Å²) < 4.78 is 10.2. The van der Waals surface area contributed by atoms with E-state index in [9.17, 15) is 19.2 Å². The largest absolute Gasteiger partial charge is 0.458 e. The maximum absolute atomic E-state index is 11.9. The van der Waals surface area contributed by atoms with Gasteiger partial charge >= 0.3 is 23.6 Å². The summed E-state index contributed by atoms with van der Waals surface area (Å²) in [6, 6.07) is 9.47. The number of ether oxygens (including phenoxy) is 1. The number of hydrogen-bond acceptors (Lipinski definition) is 7. The molecule has 170 valence electrons. The SMILES string of the molecule is COCCCNC(=O)C(=O)N/N=C/c1ccc(CNC(=O)C(=O)Nc2cccc(Cl)c2)o1. The smallest absolute Gasteiger partial charge is 0.329 e. The number of carbonyl (C=O) groups excluding carboxylic acids is 4. The quantitative estimate of drug-likeness (QED) is 0.187. The second-order valence-electron chi connectivity index (χ2n) is 6.25. The van der Waals surface area contributed by atoms with Crippen molar-refractivity contribution in [2.24, 2.45) is 5.10 Å². The lowest BCUT2D eigenvalue weighted by Crippen LogP contribution is -2.38. The van der Waals surface area contributed by atoms with Gasteiger partial charge in [-0.2, -0.15) is 5.10 Å². The van der Waals surface area contributed by atoms with Gasteiger partial charge in [-0.1, -0.05) is 17.7 Å². The topological polar surface area (TPSA) is 151 Å². The van der Waals surface area contributed by atoms with Crippen LogP contribution in [-0.4, -0.2) is 50.1 Å². The lowest BCUT2D eigenvalue weighted by Gasteiger charge is -2.05. The van der Waals surface area contributed by atoms with Gasteiger partial charge in [0.05, 0.1) is 12.8 Å². The minimum Gasteiger partial charge on any atom is -0.458 e. The molecule has 1 heterocycles. The molecule has 4 amide bonds. The van der Waals surface area contributed by atoms with Crippen molar-refractivity contribution in [1.29, 1.82) is 0 Å². The summed E-state index contributed by atoms with van der Waals surface area (Å²) in [5.74, 6) is -2.86. The minimum absolute atomic E-state index is 0.0497. The third-order valence-corrected chi connectivity index (χ3v) is 4.00. The number of hydrogen-bond donors (Lipinski definition) is 4. The standard InChI is InChI=1S/C20H22ClN5O6/c1-31-9-3-8-22-18(28)20(30)26-24-12-16-7-6-15(32-16)11-23-17(27)19(29)25-14-5-2-4-13(21)10-14/h2,4-7,10,12H,3,8-9,11H2,1H3,(H,22,28)(H,23,27)(H,25,29)(H,26,30)/b24-12+. The van der Waals surface area contributed by atoms with E-state index in [4.69, 9.17) is 20.8 Å². The molecule has 32 heavy (non-hydrogen) atoms. The fourth-order valence-corrected chi connectivity index (χ4v) is 2.45. The molecule has 0 fully saturated rings. The molecule has 0 aliphatic rings. The zero-order chi connectivity index (χ0) is 23.3. The second kappa shape index (κ2) is 12.9. The van der Waals surface area contributed by atoms with Gasteiger partial charge in [0, 0.05) is 31.0 Å². The third-order valence-electron chi connectivity index (χ3n) is 3.77. The third kappa shape index (κ3) is 8.58. The Kier molecular flexibility index (Phi) is 9.88. The van der Waals surface area contributed by atoms with E-state index in [1.165, 1.54) is 25.5 Å². The van der Waals surface area contributed by atoms with E-state index in [2.05, 4.69) is 26.5 Å². The molecule has 11 nitrogen and oxygen atoms in total. The second-order valence-corrected chi connectivity index (χ2v) is 6.69. The van der Waals surface area contributed by atoms with Crippen molar-refractivity contribution in [3.05, 3.63) is 52.9 Å². The van der Waals surface area contributed by atoms with Crippen molar-refractivity contribution < 1.29 is 28.3 Å². The number of furan rings is 1. The van der Waals surface area contributed by atoms with Crippen LogP contribution in [-0.2, 0) is 30.5 Å². The average Bonchev–Trinajstić information content (AvgIpc) is 3.22. The minimum atomic E-state index is -0.927. The zero-order valence-corrected chi connectivity index (χ0v) is 17.9. The van der Waals surface area contributed by atoms with Gasteiger partial charge < -0.3 is 25.1 Å². The molecule has 0 saturated heterocycles. The number of rotatable bonds is 9. The van der Waals surface area contributed by atoms with Crippen molar-refractivity contribution in [3.8, 4) is 0 Å². The van der Waals surface area contributed by atoms with Gasteiger partial charge in [0.25, 0.3) is 0 Å². The molecule has 0 unspecified atom stereocenters. The Balaban J connectivity index is 1.74. The van der Waals surface area contributed by atoms with Crippen LogP contribution in [0.3, 0.4) is 0 Å². The number of carbonyl (C=O) groups is 4. The number of amides is 4. The number of hydrazone groups is 1. The molecule has 2 aromatic rings. The number of anilines is 1. The van der Waals surface area contributed by atoms with E-state index in [1.807, 2.05) is 0 Å². The van der Waals surface area contributed by atoms with Crippen LogP contribution < -0.4 is 21.4 Å². The summed E-state index contributed by atoms with van der Waals surface area (Å²) in [5.41, 5.74) is 2.46. The Morgan fingerprint density at radius 2 is 1.84 bits per heavy atom. The van der Waals surface area contributed by atoms with Crippen LogP contribution in [0.1, 0.15) is 17.9 Å². The number of halogens is 1. The molecule has 1 aromatic heterocycles. The van der Waals surface area contributed by atoms with Crippen LogP contribution >= 0.6 is 11.6 Å². The van der Waals surface area contributed by atoms with Gasteiger partial charge in [-0.05, 0) is 36.8 Å². The molecule has 0 atom stereocenters. The maximum atomic E-state index is 11.9. The number of nitrogens with one attached hydrogen (secondary N) is 4. The van der Waals surface area contributed by atoms with Crippen molar-refractivity contribution in [3.63, 3.8) is 0 Å². The molecule has 0 saturated carbocycles. The van der Waals surface area contributed by atoms with E-state index in [1.54, 1.807) is 24.3 Å². The molecule has 0 bridgehead atoms. The Labute approximate surface area is 188 Å². The molecule has 4 N–H and O–H groups in total. The van der Waals surface area contributed by atoms with E-state index >= 15 is 0 Å². The molecular formula is C20H22ClN5O6. The fourth-order valence-electron chi connectivity index (χ4n) is 2.26. The van der Waals surface area contributed by atoms with E-state index < -0.39 is 23.6 Å². The first-order valence-electron chi connectivity index (χ1n) is 9.42. The van der Waals surface area contributed by atoms with Gasteiger partial charge in [-0.15, -0.1) is 0 Å². The summed E-state index contributed by atoms with van der Waals surface area (Å²) in [6.45, 7) is 0.716. The number of nitrogens with zero attached hydrogens (tertiary/aromatic N) is 1. The molecule has 0 radical (unpaired) electrons. The van der Waals surface area contributed by atoms with Gasteiger partial charge in [-0.3, -0.25) is 19.2 Å². The number of benzene rings is 1. The van der Waals surface area contributed by atoms with Gasteiger partial charge in [0.1, 0.15) is 11.5 Å². The Hall–Kier alpha value is -3.70. The highest BCUT2D eigenvalue weighted by molar-refractivity contribution is 6.39. The van der Waals surface area contributed by atoms with E-state index in [-0.39, 0.29) is 12.3 Å². The van der Waals surface area contributed by atoms with Gasteiger partial charge in [0.2, 0.25) is 0 Å². The molecular weight excluding hydrogens is 442 g/mol. The summed E-state index contributed by atoms with van der Waals surface area (Å²) >= 11 is 5.83. The highest BCUT2D eigenvalue weighted by atomic mass is 35.5. The summed E-state index contributed by atoms with van der Waals surface area (Å²) in [4.78, 5) is 47.0. The van der Waals surface area contributed by atoms with Crippen molar-refractivity contribution in [2.45, 2.75) is 13.0 Å². The van der Waals surface area contributed by atoms with Crippen LogP contribution in [0.4, 0.5) is 5.69 Å². The molecule has 0 spiro atoms. The van der Waals surface area contributed by atoms with Gasteiger partial charge in [0.15, 0.2) is 0 Å². The molecule has 2 rings (SSSR count). The molecule has 1 aromatic carbocycles. The van der Waals surface area contributed by atoms with Crippen molar-refractivity contribution >= 4 is 47.1 Å². The summed E-state index contributed by atoms with van der Waals surface area (Å²) in [6.07, 6.45) is 1.76. The Bertz CT molecular complexity index is 990. The van der Waals surface area contributed by atoms with Crippen molar-refractivity contribution in [1.82, 2.24) is 16.1 Å². The van der Waals surface area contributed by atoms with Crippen LogP contribution in [0.25, 0.3) is 0 Å². The Morgan fingerprint density at radius 1 is 1.06 bits per heavy atom. The fraction of sp³-hybridized carbons (Fsp3) is 0.250. The molecule has 0 aliphatic carbocycles. The first kappa shape index (κ1) is 24.6. The van der Waals surface area contributed by atoms with Crippen LogP contribution in [0.15, 0.2) is 45.9 Å². The Morgan fingerprint density at radius 3 is 2.59 bits per heavy atom.